The van der Waals surface area contributed by atoms with Gasteiger partial charge in [0.25, 0.3) is 0 Å². The molecule has 0 aromatic heterocycles. The average molecular weight is 461 g/mol. The van der Waals surface area contributed by atoms with Crippen molar-refractivity contribution < 1.29 is 28.4 Å². The molecular formula is C25H32O6S. The Morgan fingerprint density at radius 3 is 2.00 bits per heavy atom. The van der Waals surface area contributed by atoms with Gasteiger partial charge in [0.1, 0.15) is 23.7 Å². The minimum atomic E-state index is -1.11. The normalized spacial score (nSPS) is 37.1. The Hall–Kier alpha value is -1.45. The summed E-state index contributed by atoms with van der Waals surface area (Å²) in [5.74, 6) is -2.21. The molecule has 0 bridgehead atoms. The van der Waals surface area contributed by atoms with E-state index in [0.717, 1.165) is 10.5 Å². The van der Waals surface area contributed by atoms with Gasteiger partial charge in [-0.25, -0.2) is 0 Å². The molecule has 2 aromatic rings. The van der Waals surface area contributed by atoms with Crippen LogP contribution in [0.5, 0.6) is 0 Å². The Labute approximate surface area is 194 Å². The van der Waals surface area contributed by atoms with Crippen molar-refractivity contribution >= 4 is 11.8 Å². The Kier molecular flexibility index (Phi) is 7.27. The van der Waals surface area contributed by atoms with Gasteiger partial charge in [0.15, 0.2) is 0 Å². The second-order valence-electron chi connectivity index (χ2n) is 8.37. The SMILES string of the molecule is COC1(C)O[C@@H]2[C@@H](OC1(C)OC)[C@H](C)O[C@@H](Sc1ccccc1)[C@@H]2OCc1ccccc1. The maximum atomic E-state index is 6.58. The Morgan fingerprint density at radius 1 is 0.844 bits per heavy atom. The maximum Gasteiger partial charge on any atom is 0.220 e. The van der Waals surface area contributed by atoms with Crippen LogP contribution in [0.25, 0.3) is 0 Å². The first-order valence-electron chi connectivity index (χ1n) is 10.9. The number of benzene rings is 2. The van der Waals surface area contributed by atoms with E-state index in [2.05, 4.69) is 12.1 Å². The molecule has 7 atom stereocenters. The quantitative estimate of drug-likeness (QED) is 0.598. The van der Waals surface area contributed by atoms with Crippen molar-refractivity contribution in [3.8, 4) is 0 Å². The molecule has 2 unspecified atom stereocenters. The van der Waals surface area contributed by atoms with Gasteiger partial charge < -0.3 is 28.4 Å². The molecule has 0 amide bonds. The summed E-state index contributed by atoms with van der Waals surface area (Å²) in [5, 5.41) is 0. The summed E-state index contributed by atoms with van der Waals surface area (Å²) in [4.78, 5) is 1.10. The molecule has 4 rings (SSSR count). The molecular weight excluding hydrogens is 428 g/mol. The molecule has 32 heavy (non-hydrogen) atoms. The van der Waals surface area contributed by atoms with Gasteiger partial charge >= 0.3 is 0 Å². The van der Waals surface area contributed by atoms with E-state index in [9.17, 15) is 0 Å². The van der Waals surface area contributed by atoms with Crippen LogP contribution in [0.15, 0.2) is 65.6 Å². The standard InChI is InChI=1S/C25H32O6S/c1-17-20-21(31-25(3,27-5)24(2,26-4)30-20)22(28-16-18-12-8-6-9-13-18)23(29-17)32-19-14-10-7-11-15-19/h6-15,17,20-23H,16H2,1-5H3/t17-,20-,21+,22+,23-,24?,25?/m0/s1. The smallest absolute Gasteiger partial charge is 0.220 e. The first kappa shape index (κ1) is 23.7. The molecule has 2 aliphatic heterocycles. The summed E-state index contributed by atoms with van der Waals surface area (Å²) in [6.07, 6.45) is -1.40. The molecule has 7 heteroatoms. The number of rotatable bonds is 7. The molecule has 2 fully saturated rings. The molecule has 6 nitrogen and oxygen atoms in total. The fraction of sp³-hybridized carbons (Fsp3) is 0.520. The van der Waals surface area contributed by atoms with Crippen LogP contribution in [0.4, 0.5) is 0 Å². The highest BCUT2D eigenvalue weighted by atomic mass is 32.2. The Bertz CT molecular complexity index is 867. The van der Waals surface area contributed by atoms with Crippen LogP contribution in [0.1, 0.15) is 26.3 Å². The molecule has 0 N–H and O–H groups in total. The van der Waals surface area contributed by atoms with E-state index in [4.69, 9.17) is 28.4 Å². The second-order valence-corrected chi connectivity index (χ2v) is 9.54. The third-order valence-electron chi connectivity index (χ3n) is 6.33. The highest BCUT2D eigenvalue weighted by Gasteiger charge is 2.62. The summed E-state index contributed by atoms with van der Waals surface area (Å²) in [5.41, 5.74) is 0.799. The van der Waals surface area contributed by atoms with E-state index in [0.29, 0.717) is 6.61 Å². The first-order valence-corrected chi connectivity index (χ1v) is 11.8. The van der Waals surface area contributed by atoms with Crippen molar-refractivity contribution in [3.63, 3.8) is 0 Å². The van der Waals surface area contributed by atoms with E-state index in [1.165, 1.54) is 0 Å². The maximum absolute atomic E-state index is 6.58. The lowest BCUT2D eigenvalue weighted by Gasteiger charge is -2.57. The predicted octanol–water partition coefficient (Wildman–Crippen LogP) is 4.62. The first-order chi connectivity index (χ1) is 15.4. The molecule has 0 saturated carbocycles. The highest BCUT2D eigenvalue weighted by Crippen LogP contribution is 2.46. The lowest BCUT2D eigenvalue weighted by molar-refractivity contribution is -0.470. The molecule has 2 aliphatic rings. The number of hydrogen-bond donors (Lipinski definition) is 0. The molecule has 0 spiro atoms. The largest absolute Gasteiger partial charge is 0.367 e. The monoisotopic (exact) mass is 460 g/mol. The number of ether oxygens (including phenoxy) is 6. The van der Waals surface area contributed by atoms with Crippen LogP contribution >= 0.6 is 11.8 Å². The van der Waals surface area contributed by atoms with Gasteiger partial charge in [-0.3, -0.25) is 0 Å². The van der Waals surface area contributed by atoms with Crippen molar-refractivity contribution in [2.75, 3.05) is 14.2 Å². The van der Waals surface area contributed by atoms with Crippen molar-refractivity contribution in [1.29, 1.82) is 0 Å². The predicted molar refractivity (Wildman–Crippen MR) is 122 cm³/mol. The number of hydrogen-bond acceptors (Lipinski definition) is 7. The van der Waals surface area contributed by atoms with E-state index in [-0.39, 0.29) is 17.6 Å². The van der Waals surface area contributed by atoms with Crippen LogP contribution in [-0.4, -0.2) is 55.6 Å². The molecule has 174 valence electrons. The van der Waals surface area contributed by atoms with E-state index >= 15 is 0 Å². The zero-order valence-electron chi connectivity index (χ0n) is 19.2. The molecule has 2 saturated heterocycles. The van der Waals surface area contributed by atoms with Gasteiger partial charge in [0.05, 0.1) is 12.7 Å². The van der Waals surface area contributed by atoms with Gasteiger partial charge in [-0.15, -0.1) is 0 Å². The van der Waals surface area contributed by atoms with Crippen molar-refractivity contribution in [2.24, 2.45) is 0 Å². The lowest BCUT2D eigenvalue weighted by atomic mass is 9.95. The van der Waals surface area contributed by atoms with Gasteiger partial charge in [-0.2, -0.15) is 0 Å². The van der Waals surface area contributed by atoms with E-state index in [1.54, 1.807) is 26.0 Å². The molecule has 2 aromatic carbocycles. The van der Waals surface area contributed by atoms with E-state index < -0.39 is 23.8 Å². The number of fused-ring (bicyclic) bond motifs is 1. The summed E-state index contributed by atoms with van der Waals surface area (Å²) in [6, 6.07) is 20.3. The minimum absolute atomic E-state index is 0.228. The Morgan fingerprint density at radius 2 is 1.41 bits per heavy atom. The zero-order chi connectivity index (χ0) is 22.8. The van der Waals surface area contributed by atoms with Gasteiger partial charge in [-0.05, 0) is 38.5 Å². The van der Waals surface area contributed by atoms with Gasteiger partial charge in [-0.1, -0.05) is 60.3 Å². The summed E-state index contributed by atoms with van der Waals surface area (Å²) in [7, 11) is 3.19. The van der Waals surface area contributed by atoms with Gasteiger partial charge in [0, 0.05) is 19.1 Å². The van der Waals surface area contributed by atoms with Crippen molar-refractivity contribution in [2.45, 2.75) is 73.7 Å². The van der Waals surface area contributed by atoms with Crippen LogP contribution in [0.3, 0.4) is 0 Å². The van der Waals surface area contributed by atoms with Crippen LogP contribution in [0.2, 0.25) is 0 Å². The molecule has 0 radical (unpaired) electrons. The fourth-order valence-corrected chi connectivity index (χ4v) is 5.32. The fourth-order valence-electron chi connectivity index (χ4n) is 4.14. The highest BCUT2D eigenvalue weighted by molar-refractivity contribution is 7.99. The van der Waals surface area contributed by atoms with E-state index in [1.807, 2.05) is 69.3 Å². The molecule has 2 heterocycles. The topological polar surface area (TPSA) is 55.4 Å². The third-order valence-corrected chi connectivity index (χ3v) is 7.49. The average Bonchev–Trinajstić information content (AvgIpc) is 2.81. The second kappa shape index (κ2) is 9.81. The molecule has 0 aliphatic carbocycles. The van der Waals surface area contributed by atoms with Crippen LogP contribution in [0, 0.1) is 0 Å². The van der Waals surface area contributed by atoms with Crippen LogP contribution < -0.4 is 0 Å². The third kappa shape index (κ3) is 4.61. The summed E-state index contributed by atoms with van der Waals surface area (Å²) in [6.45, 7) is 6.09. The Balaban J connectivity index is 1.63. The van der Waals surface area contributed by atoms with Crippen LogP contribution in [-0.2, 0) is 35.0 Å². The van der Waals surface area contributed by atoms with Crippen molar-refractivity contribution in [3.05, 3.63) is 66.2 Å². The summed E-state index contributed by atoms with van der Waals surface area (Å²) < 4.78 is 37.4. The number of methoxy groups -OCH3 is 2. The minimum Gasteiger partial charge on any atom is -0.367 e. The summed E-state index contributed by atoms with van der Waals surface area (Å²) >= 11 is 1.63. The number of thioether (sulfide) groups is 1. The zero-order valence-corrected chi connectivity index (χ0v) is 20.0. The lowest BCUT2D eigenvalue weighted by Crippen LogP contribution is -2.72. The van der Waals surface area contributed by atoms with Gasteiger partial charge in [0.2, 0.25) is 11.6 Å². The van der Waals surface area contributed by atoms with Crippen molar-refractivity contribution in [1.82, 2.24) is 0 Å².